The van der Waals surface area contributed by atoms with E-state index in [0.717, 1.165) is 0 Å². The van der Waals surface area contributed by atoms with Crippen molar-refractivity contribution < 1.29 is 9.47 Å². The standard InChI is InChI=1S/C22H22O2/c1-23-22(24-2)16-14-20(15-17-22)21-11-7-6-10-19(21)13-12-18-8-4-3-5-9-18/h3-17,19H,1-2H3. The second kappa shape index (κ2) is 7.43. The Balaban J connectivity index is 1.86. The van der Waals surface area contributed by atoms with E-state index < -0.39 is 5.79 Å². The minimum atomic E-state index is -0.756. The number of rotatable bonds is 4. The monoisotopic (exact) mass is 318 g/mol. The average Bonchev–Trinajstić information content (AvgIpc) is 2.67. The molecule has 2 heteroatoms. The summed E-state index contributed by atoms with van der Waals surface area (Å²) in [6.07, 6.45) is 20.9. The van der Waals surface area contributed by atoms with Gasteiger partial charge < -0.3 is 9.47 Å². The van der Waals surface area contributed by atoms with E-state index in [0.29, 0.717) is 0 Å². The van der Waals surface area contributed by atoms with Crippen LogP contribution in [0, 0.1) is 5.92 Å². The maximum absolute atomic E-state index is 5.43. The molecular weight excluding hydrogens is 296 g/mol. The number of hydrogen-bond donors (Lipinski definition) is 0. The smallest absolute Gasteiger partial charge is 0.208 e. The molecule has 0 amide bonds. The van der Waals surface area contributed by atoms with Crippen molar-refractivity contribution in [2.75, 3.05) is 14.2 Å². The molecule has 122 valence electrons. The minimum absolute atomic E-state index is 0.247. The van der Waals surface area contributed by atoms with Gasteiger partial charge in [-0.2, -0.15) is 0 Å². The van der Waals surface area contributed by atoms with E-state index in [-0.39, 0.29) is 5.92 Å². The van der Waals surface area contributed by atoms with E-state index in [4.69, 9.17) is 9.47 Å². The molecule has 0 fully saturated rings. The molecule has 0 radical (unpaired) electrons. The van der Waals surface area contributed by atoms with Crippen molar-refractivity contribution in [1.82, 2.24) is 0 Å². The number of hydrogen-bond acceptors (Lipinski definition) is 2. The Bertz CT molecular complexity index is 723. The summed E-state index contributed by atoms with van der Waals surface area (Å²) in [6.45, 7) is 0. The highest BCUT2D eigenvalue weighted by molar-refractivity contribution is 5.55. The van der Waals surface area contributed by atoms with Crippen molar-refractivity contribution in [2.24, 2.45) is 5.92 Å². The largest absolute Gasteiger partial charge is 0.346 e. The van der Waals surface area contributed by atoms with Crippen molar-refractivity contribution in [3.63, 3.8) is 0 Å². The van der Waals surface area contributed by atoms with Crippen LogP contribution in [0.25, 0.3) is 6.08 Å². The predicted octanol–water partition coefficient (Wildman–Crippen LogP) is 4.85. The highest BCUT2D eigenvalue weighted by atomic mass is 16.7. The molecule has 2 aliphatic carbocycles. The summed E-state index contributed by atoms with van der Waals surface area (Å²) in [5.41, 5.74) is 3.64. The van der Waals surface area contributed by atoms with Gasteiger partial charge in [-0.1, -0.05) is 78.9 Å². The van der Waals surface area contributed by atoms with Gasteiger partial charge in [-0.3, -0.25) is 0 Å². The lowest BCUT2D eigenvalue weighted by atomic mass is 9.87. The van der Waals surface area contributed by atoms with Crippen molar-refractivity contribution in [2.45, 2.75) is 5.79 Å². The van der Waals surface area contributed by atoms with Crippen LogP contribution in [-0.2, 0) is 9.47 Å². The molecule has 0 aromatic heterocycles. The Hall–Kier alpha value is -2.42. The van der Waals surface area contributed by atoms with Crippen LogP contribution >= 0.6 is 0 Å². The molecule has 0 bridgehead atoms. The second-order valence-electron chi connectivity index (χ2n) is 5.75. The van der Waals surface area contributed by atoms with Gasteiger partial charge in [0, 0.05) is 20.1 Å². The van der Waals surface area contributed by atoms with Gasteiger partial charge in [0.1, 0.15) is 0 Å². The fourth-order valence-corrected chi connectivity index (χ4v) is 2.86. The maximum Gasteiger partial charge on any atom is 0.208 e. The number of methoxy groups -OCH3 is 2. The molecule has 0 N–H and O–H groups in total. The first-order chi connectivity index (χ1) is 11.8. The number of allylic oxidation sites excluding steroid dienone is 9. The molecule has 0 spiro atoms. The molecule has 0 heterocycles. The number of benzene rings is 1. The van der Waals surface area contributed by atoms with Gasteiger partial charge in [-0.25, -0.2) is 0 Å². The molecule has 2 aliphatic rings. The van der Waals surface area contributed by atoms with Gasteiger partial charge in [0.25, 0.3) is 0 Å². The van der Waals surface area contributed by atoms with Gasteiger partial charge >= 0.3 is 0 Å². The topological polar surface area (TPSA) is 18.5 Å². The zero-order chi connectivity index (χ0) is 16.8. The summed E-state index contributed by atoms with van der Waals surface area (Å²) in [6, 6.07) is 10.4. The third-order valence-electron chi connectivity index (χ3n) is 4.32. The Kier molecular flexibility index (Phi) is 5.09. The average molecular weight is 318 g/mol. The maximum atomic E-state index is 5.43. The van der Waals surface area contributed by atoms with E-state index >= 15 is 0 Å². The van der Waals surface area contributed by atoms with E-state index in [1.165, 1.54) is 16.7 Å². The summed E-state index contributed by atoms with van der Waals surface area (Å²) in [5, 5.41) is 0. The van der Waals surface area contributed by atoms with E-state index in [1.807, 2.05) is 18.2 Å². The van der Waals surface area contributed by atoms with Crippen molar-refractivity contribution in [3.8, 4) is 0 Å². The van der Waals surface area contributed by atoms with Gasteiger partial charge in [0.15, 0.2) is 0 Å². The van der Waals surface area contributed by atoms with E-state index in [2.05, 4.69) is 72.9 Å². The molecule has 2 nitrogen and oxygen atoms in total. The van der Waals surface area contributed by atoms with Gasteiger partial charge in [0.2, 0.25) is 5.79 Å². The SMILES string of the molecule is COC1(OC)C=CC(=C2C=CC=CC2C=Cc2ccccc2)C=C1. The zero-order valence-corrected chi connectivity index (χ0v) is 14.1. The molecule has 0 aliphatic heterocycles. The third-order valence-corrected chi connectivity index (χ3v) is 4.32. The lowest BCUT2D eigenvalue weighted by Gasteiger charge is -2.27. The fraction of sp³-hybridized carbons (Fsp3) is 0.182. The van der Waals surface area contributed by atoms with Crippen molar-refractivity contribution in [3.05, 3.63) is 102 Å². The Labute approximate surface area is 143 Å². The Morgan fingerprint density at radius 3 is 2.29 bits per heavy atom. The molecule has 24 heavy (non-hydrogen) atoms. The van der Waals surface area contributed by atoms with Crippen molar-refractivity contribution in [1.29, 1.82) is 0 Å². The molecule has 1 unspecified atom stereocenters. The van der Waals surface area contributed by atoms with Crippen LogP contribution in [-0.4, -0.2) is 20.0 Å². The normalized spacial score (nSPS) is 21.8. The highest BCUT2D eigenvalue weighted by Crippen LogP contribution is 2.30. The van der Waals surface area contributed by atoms with Gasteiger partial charge in [0.05, 0.1) is 0 Å². The first kappa shape index (κ1) is 16.4. The van der Waals surface area contributed by atoms with E-state index in [9.17, 15) is 0 Å². The van der Waals surface area contributed by atoms with Crippen LogP contribution in [0.3, 0.4) is 0 Å². The first-order valence-electron chi connectivity index (χ1n) is 8.07. The highest BCUT2D eigenvalue weighted by Gasteiger charge is 2.25. The third kappa shape index (κ3) is 3.56. The fourth-order valence-electron chi connectivity index (χ4n) is 2.86. The zero-order valence-electron chi connectivity index (χ0n) is 14.1. The van der Waals surface area contributed by atoms with Crippen LogP contribution in [0.1, 0.15) is 5.56 Å². The lowest BCUT2D eigenvalue weighted by Crippen LogP contribution is -2.29. The van der Waals surface area contributed by atoms with Gasteiger partial charge in [-0.15, -0.1) is 0 Å². The molecule has 3 rings (SSSR count). The summed E-state index contributed by atoms with van der Waals surface area (Å²) < 4.78 is 10.9. The Morgan fingerprint density at radius 2 is 1.62 bits per heavy atom. The first-order valence-corrected chi connectivity index (χ1v) is 8.07. The van der Waals surface area contributed by atoms with Crippen LogP contribution < -0.4 is 0 Å². The summed E-state index contributed by atoms with van der Waals surface area (Å²) in [4.78, 5) is 0. The van der Waals surface area contributed by atoms with Crippen LogP contribution in [0.15, 0.2) is 96.2 Å². The van der Waals surface area contributed by atoms with Gasteiger partial charge in [-0.05, 0) is 28.9 Å². The molecule has 0 saturated carbocycles. The second-order valence-corrected chi connectivity index (χ2v) is 5.75. The molecule has 1 aromatic carbocycles. The summed E-state index contributed by atoms with van der Waals surface area (Å²) in [7, 11) is 3.29. The van der Waals surface area contributed by atoms with Crippen LogP contribution in [0.2, 0.25) is 0 Å². The Morgan fingerprint density at radius 1 is 0.917 bits per heavy atom. The van der Waals surface area contributed by atoms with E-state index in [1.54, 1.807) is 14.2 Å². The number of ether oxygens (including phenoxy) is 2. The molecule has 0 saturated heterocycles. The lowest BCUT2D eigenvalue weighted by molar-refractivity contribution is -0.133. The van der Waals surface area contributed by atoms with Crippen LogP contribution in [0.5, 0.6) is 0 Å². The predicted molar refractivity (Wildman–Crippen MR) is 99.3 cm³/mol. The quantitative estimate of drug-likeness (QED) is 0.739. The van der Waals surface area contributed by atoms with Crippen molar-refractivity contribution >= 4 is 6.08 Å². The summed E-state index contributed by atoms with van der Waals surface area (Å²) >= 11 is 0. The minimum Gasteiger partial charge on any atom is -0.346 e. The molecule has 1 atom stereocenters. The molecule has 1 aromatic rings. The molecular formula is C22H22O2. The van der Waals surface area contributed by atoms with Crippen LogP contribution in [0.4, 0.5) is 0 Å². The summed E-state index contributed by atoms with van der Waals surface area (Å²) in [5.74, 6) is -0.509.